The van der Waals surface area contributed by atoms with Crippen molar-refractivity contribution in [3.63, 3.8) is 0 Å². The smallest absolute Gasteiger partial charge is 0.293 e. The quantitative estimate of drug-likeness (QED) is 0.657. The summed E-state index contributed by atoms with van der Waals surface area (Å²) in [7, 11) is 0. The van der Waals surface area contributed by atoms with Crippen molar-refractivity contribution in [2.45, 2.75) is 12.2 Å². The van der Waals surface area contributed by atoms with Gasteiger partial charge in [0.05, 0.1) is 15.0 Å². The summed E-state index contributed by atoms with van der Waals surface area (Å²) in [4.78, 5) is 10.4. The van der Waals surface area contributed by atoms with E-state index in [1.165, 1.54) is 12.1 Å². The number of nitro benzene ring substituents is 1. The second-order valence-corrected chi connectivity index (χ2v) is 5.56. The Balaban J connectivity index is 2.96. The third-order valence-corrected chi connectivity index (χ3v) is 3.91. The topological polar surface area (TPSA) is 55.2 Å². The Labute approximate surface area is 114 Å². The summed E-state index contributed by atoms with van der Waals surface area (Å²) >= 11 is 13.3. The zero-order valence-corrected chi connectivity index (χ0v) is 11.7. The molecule has 0 aliphatic heterocycles. The van der Waals surface area contributed by atoms with Crippen molar-refractivity contribution in [2.75, 3.05) is 18.1 Å². The standard InChI is InChI=1S/C10H12Cl2N2O2S/c1-6(17-2)5-13-9-3-7(11)8(12)4-10(9)14(15)16/h3-4,6,13H,5H2,1-2H3. The molecule has 0 amide bonds. The highest BCUT2D eigenvalue weighted by Crippen LogP contribution is 2.34. The molecular weight excluding hydrogens is 283 g/mol. The highest BCUT2D eigenvalue weighted by molar-refractivity contribution is 7.99. The Morgan fingerprint density at radius 3 is 2.59 bits per heavy atom. The van der Waals surface area contributed by atoms with E-state index in [0.717, 1.165) is 0 Å². The van der Waals surface area contributed by atoms with Gasteiger partial charge in [0.15, 0.2) is 0 Å². The van der Waals surface area contributed by atoms with Crippen LogP contribution < -0.4 is 5.32 Å². The number of benzene rings is 1. The fourth-order valence-corrected chi connectivity index (χ4v) is 1.74. The van der Waals surface area contributed by atoms with Gasteiger partial charge >= 0.3 is 0 Å². The fourth-order valence-electron chi connectivity index (χ4n) is 1.17. The van der Waals surface area contributed by atoms with Gasteiger partial charge in [-0.1, -0.05) is 30.1 Å². The van der Waals surface area contributed by atoms with Gasteiger partial charge in [-0.25, -0.2) is 0 Å². The molecule has 0 aromatic heterocycles. The summed E-state index contributed by atoms with van der Waals surface area (Å²) in [5, 5.41) is 14.7. The van der Waals surface area contributed by atoms with E-state index < -0.39 is 4.92 Å². The first-order chi connectivity index (χ1) is 7.95. The minimum absolute atomic E-state index is 0.0623. The molecule has 1 atom stereocenters. The molecule has 0 fully saturated rings. The van der Waals surface area contributed by atoms with E-state index in [2.05, 4.69) is 5.32 Å². The van der Waals surface area contributed by atoms with Gasteiger partial charge in [-0.05, 0) is 12.3 Å². The van der Waals surface area contributed by atoms with E-state index in [1.807, 2.05) is 13.2 Å². The predicted molar refractivity (Wildman–Crippen MR) is 74.6 cm³/mol. The van der Waals surface area contributed by atoms with E-state index in [0.29, 0.717) is 22.5 Å². The van der Waals surface area contributed by atoms with Crippen molar-refractivity contribution in [1.29, 1.82) is 0 Å². The lowest BCUT2D eigenvalue weighted by atomic mass is 10.2. The van der Waals surface area contributed by atoms with Crippen LogP contribution >= 0.6 is 35.0 Å². The van der Waals surface area contributed by atoms with Gasteiger partial charge < -0.3 is 5.32 Å². The van der Waals surface area contributed by atoms with Crippen LogP contribution in [0.4, 0.5) is 11.4 Å². The fraction of sp³-hybridized carbons (Fsp3) is 0.400. The van der Waals surface area contributed by atoms with E-state index >= 15 is 0 Å². The van der Waals surface area contributed by atoms with Crippen molar-refractivity contribution >= 4 is 46.3 Å². The van der Waals surface area contributed by atoms with E-state index in [4.69, 9.17) is 23.2 Å². The number of hydrogen-bond donors (Lipinski definition) is 1. The van der Waals surface area contributed by atoms with Crippen LogP contribution in [0.3, 0.4) is 0 Å². The average molecular weight is 295 g/mol. The predicted octanol–water partition coefficient (Wildman–Crippen LogP) is 4.07. The van der Waals surface area contributed by atoms with Crippen LogP contribution in [0.1, 0.15) is 6.92 Å². The largest absolute Gasteiger partial charge is 0.378 e. The Morgan fingerprint density at radius 2 is 2.06 bits per heavy atom. The van der Waals surface area contributed by atoms with E-state index in [9.17, 15) is 10.1 Å². The molecule has 0 saturated heterocycles. The number of anilines is 1. The molecule has 4 nitrogen and oxygen atoms in total. The average Bonchev–Trinajstić information content (AvgIpc) is 2.29. The second kappa shape index (κ2) is 6.33. The summed E-state index contributed by atoms with van der Waals surface area (Å²) < 4.78 is 0. The number of nitro groups is 1. The van der Waals surface area contributed by atoms with Crippen LogP contribution in [0, 0.1) is 10.1 Å². The molecule has 94 valence electrons. The van der Waals surface area contributed by atoms with Gasteiger partial charge in [0, 0.05) is 17.9 Å². The third kappa shape index (κ3) is 3.94. The number of nitrogens with zero attached hydrogens (tertiary/aromatic N) is 1. The number of rotatable bonds is 5. The van der Waals surface area contributed by atoms with Gasteiger partial charge in [0.2, 0.25) is 0 Å². The molecule has 7 heteroatoms. The summed E-state index contributed by atoms with van der Waals surface area (Å²) in [5.74, 6) is 0. The first kappa shape index (κ1) is 14.4. The molecule has 0 aliphatic rings. The van der Waals surface area contributed by atoms with Crippen molar-refractivity contribution in [3.8, 4) is 0 Å². The molecule has 0 bridgehead atoms. The number of halogens is 2. The zero-order valence-electron chi connectivity index (χ0n) is 9.37. The maximum atomic E-state index is 10.9. The maximum absolute atomic E-state index is 10.9. The Bertz CT molecular complexity index is 429. The van der Waals surface area contributed by atoms with Gasteiger partial charge in [0.25, 0.3) is 5.69 Å². The first-order valence-corrected chi connectivity index (χ1v) is 6.90. The molecule has 0 aliphatic carbocycles. The molecule has 0 radical (unpaired) electrons. The van der Waals surface area contributed by atoms with Gasteiger partial charge in [-0.15, -0.1) is 0 Å². The first-order valence-electron chi connectivity index (χ1n) is 4.85. The monoisotopic (exact) mass is 294 g/mol. The minimum atomic E-state index is -0.478. The third-order valence-electron chi connectivity index (χ3n) is 2.22. The summed E-state index contributed by atoms with van der Waals surface area (Å²) in [6.45, 7) is 2.65. The molecule has 0 spiro atoms. The molecule has 1 unspecified atom stereocenters. The molecule has 0 saturated carbocycles. The molecule has 1 aromatic carbocycles. The lowest BCUT2D eigenvalue weighted by Gasteiger charge is -2.12. The molecule has 17 heavy (non-hydrogen) atoms. The van der Waals surface area contributed by atoms with Crippen LogP contribution in [0.25, 0.3) is 0 Å². The number of hydrogen-bond acceptors (Lipinski definition) is 4. The van der Waals surface area contributed by atoms with E-state index in [-0.39, 0.29) is 10.7 Å². The summed E-state index contributed by atoms with van der Waals surface area (Å²) in [6.07, 6.45) is 1.98. The highest BCUT2D eigenvalue weighted by atomic mass is 35.5. The van der Waals surface area contributed by atoms with Crippen LogP contribution in [0.15, 0.2) is 12.1 Å². The Kier molecular flexibility index (Phi) is 5.36. The molecule has 1 aromatic rings. The maximum Gasteiger partial charge on any atom is 0.293 e. The number of nitrogens with one attached hydrogen (secondary N) is 1. The summed E-state index contributed by atoms with van der Waals surface area (Å²) in [5.41, 5.74) is 0.331. The van der Waals surface area contributed by atoms with Crippen molar-refractivity contribution < 1.29 is 4.92 Å². The molecule has 1 N–H and O–H groups in total. The van der Waals surface area contributed by atoms with Crippen LogP contribution in [0.5, 0.6) is 0 Å². The summed E-state index contributed by atoms with van der Waals surface area (Å²) in [6, 6.07) is 2.74. The second-order valence-electron chi connectivity index (χ2n) is 3.47. The van der Waals surface area contributed by atoms with Crippen molar-refractivity contribution in [1.82, 2.24) is 0 Å². The zero-order chi connectivity index (χ0) is 13.0. The molecule has 1 rings (SSSR count). The van der Waals surface area contributed by atoms with Gasteiger partial charge in [-0.2, -0.15) is 11.8 Å². The highest BCUT2D eigenvalue weighted by Gasteiger charge is 2.17. The van der Waals surface area contributed by atoms with Crippen molar-refractivity contribution in [3.05, 3.63) is 32.3 Å². The number of thioether (sulfide) groups is 1. The molecule has 0 heterocycles. The lowest BCUT2D eigenvalue weighted by molar-refractivity contribution is -0.383. The van der Waals surface area contributed by atoms with Gasteiger partial charge in [0.1, 0.15) is 5.69 Å². The Hall–Kier alpha value is -0.650. The Morgan fingerprint density at radius 1 is 1.47 bits per heavy atom. The minimum Gasteiger partial charge on any atom is -0.378 e. The van der Waals surface area contributed by atoms with Gasteiger partial charge in [-0.3, -0.25) is 10.1 Å². The van der Waals surface area contributed by atoms with Crippen LogP contribution in [-0.2, 0) is 0 Å². The van der Waals surface area contributed by atoms with Crippen LogP contribution in [-0.4, -0.2) is 23.0 Å². The van der Waals surface area contributed by atoms with Crippen molar-refractivity contribution in [2.24, 2.45) is 0 Å². The normalized spacial score (nSPS) is 12.2. The molecular formula is C10H12Cl2N2O2S. The SMILES string of the molecule is CSC(C)CNc1cc(Cl)c(Cl)cc1[N+](=O)[O-]. The van der Waals surface area contributed by atoms with E-state index in [1.54, 1.807) is 11.8 Å². The van der Waals surface area contributed by atoms with Crippen LogP contribution in [0.2, 0.25) is 10.0 Å². The lowest BCUT2D eigenvalue weighted by Crippen LogP contribution is -2.13.